The van der Waals surface area contributed by atoms with Gasteiger partial charge in [0.2, 0.25) is 0 Å². The average Bonchev–Trinajstić information content (AvgIpc) is 2.65. The summed E-state index contributed by atoms with van der Waals surface area (Å²) >= 11 is 8.49. The Morgan fingerprint density at radius 1 is 0.929 bits per heavy atom. The van der Waals surface area contributed by atoms with Crippen molar-refractivity contribution in [3.05, 3.63) is 0 Å². The minimum atomic E-state index is -0.696. The van der Waals surface area contributed by atoms with Gasteiger partial charge in [-0.2, -0.15) is 0 Å². The molecular weight excluding hydrogens is 412 g/mol. The highest BCUT2D eigenvalue weighted by Gasteiger charge is 2.31. The van der Waals surface area contributed by atoms with E-state index in [2.05, 4.69) is 6.92 Å². The normalized spacial score (nSPS) is 11.6. The molecule has 28 heavy (non-hydrogen) atoms. The van der Waals surface area contributed by atoms with Crippen LogP contribution in [0.2, 0.25) is 0 Å². The van der Waals surface area contributed by atoms with Crippen LogP contribution in [-0.2, 0) is 14.3 Å². The molecule has 0 atom stereocenters. The third-order valence-electron chi connectivity index (χ3n) is 4.24. The number of thiocarbonyl (C=S) groups is 1. The number of aliphatic hydroxyl groups excluding tert-OH is 1. The zero-order chi connectivity index (χ0) is 21.1. The van der Waals surface area contributed by atoms with Crippen LogP contribution in [0.1, 0.15) is 85.0 Å². The van der Waals surface area contributed by atoms with Crippen LogP contribution in [0.15, 0.2) is 0 Å². The molecule has 7 heteroatoms. The van der Waals surface area contributed by atoms with Crippen molar-refractivity contribution in [2.75, 3.05) is 32.2 Å². The van der Waals surface area contributed by atoms with E-state index in [1.807, 2.05) is 13.8 Å². The molecule has 0 aliphatic carbocycles. The van der Waals surface area contributed by atoms with E-state index in [0.29, 0.717) is 6.61 Å². The molecule has 0 aromatic heterocycles. The lowest BCUT2D eigenvalue weighted by atomic mass is 10.1. The molecule has 0 unspecified atom stereocenters. The maximum absolute atomic E-state index is 12.2. The molecule has 4 nitrogen and oxygen atoms in total. The second-order valence-electron chi connectivity index (χ2n) is 7.36. The number of rotatable bonds is 18. The second-order valence-corrected chi connectivity index (χ2v) is 11.3. The van der Waals surface area contributed by atoms with Gasteiger partial charge >= 0.3 is 5.97 Å². The lowest BCUT2D eigenvalue weighted by molar-refractivity contribution is -0.147. The molecule has 166 valence electrons. The minimum Gasteiger partial charge on any atom is -0.462 e. The number of unbranched alkanes of at least 4 members (excludes halogenated alkanes) is 9. The number of carbonyl (C=O) groups is 1. The van der Waals surface area contributed by atoms with Crippen molar-refractivity contribution in [3.8, 4) is 0 Å². The van der Waals surface area contributed by atoms with Gasteiger partial charge in [0, 0.05) is 0 Å². The molecule has 0 aliphatic rings. The van der Waals surface area contributed by atoms with E-state index < -0.39 is 4.75 Å². The van der Waals surface area contributed by atoms with Gasteiger partial charge < -0.3 is 14.6 Å². The smallest absolute Gasteiger partial charge is 0.322 e. The van der Waals surface area contributed by atoms with E-state index in [4.69, 9.17) is 26.8 Å². The third kappa shape index (κ3) is 17.1. The first-order chi connectivity index (χ1) is 13.4. The Bertz CT molecular complexity index is 403. The SMILES string of the molecule is CCCCCCCCCCCCSC(=S)SC(C)(C)C(=O)OCCOCCO. The Hall–Kier alpha value is 0.180. The largest absolute Gasteiger partial charge is 0.462 e. The van der Waals surface area contributed by atoms with Crippen LogP contribution in [0, 0.1) is 0 Å². The van der Waals surface area contributed by atoms with Gasteiger partial charge in [-0.1, -0.05) is 88.7 Å². The van der Waals surface area contributed by atoms with Crippen molar-refractivity contribution < 1.29 is 19.4 Å². The summed E-state index contributed by atoms with van der Waals surface area (Å²) in [7, 11) is 0. The van der Waals surface area contributed by atoms with Crippen molar-refractivity contribution in [1.29, 1.82) is 0 Å². The molecule has 0 saturated carbocycles. The summed E-state index contributed by atoms with van der Waals surface area (Å²) in [4.78, 5) is 12.2. The maximum Gasteiger partial charge on any atom is 0.322 e. The van der Waals surface area contributed by atoms with Gasteiger partial charge in [0.1, 0.15) is 14.9 Å². The van der Waals surface area contributed by atoms with Crippen molar-refractivity contribution in [3.63, 3.8) is 0 Å². The van der Waals surface area contributed by atoms with Gasteiger partial charge in [-0.25, -0.2) is 0 Å². The molecular formula is C21H40O4S3. The number of carbonyl (C=O) groups excluding carboxylic acids is 1. The fraction of sp³-hybridized carbons (Fsp3) is 0.905. The number of aliphatic hydroxyl groups is 1. The van der Waals surface area contributed by atoms with Gasteiger partial charge in [-0.05, 0) is 26.0 Å². The summed E-state index contributed by atoms with van der Waals surface area (Å²) in [6.45, 7) is 6.65. The fourth-order valence-corrected chi connectivity index (χ4v) is 5.62. The van der Waals surface area contributed by atoms with Gasteiger partial charge in [0.15, 0.2) is 0 Å². The first kappa shape index (κ1) is 28.2. The summed E-state index contributed by atoms with van der Waals surface area (Å²) in [6, 6.07) is 0. The lowest BCUT2D eigenvalue weighted by Gasteiger charge is -2.22. The number of hydrogen-bond donors (Lipinski definition) is 1. The highest BCUT2D eigenvalue weighted by atomic mass is 32.2. The average molecular weight is 453 g/mol. The third-order valence-corrected chi connectivity index (χ3v) is 7.02. The fourth-order valence-electron chi connectivity index (χ4n) is 2.56. The number of hydrogen-bond acceptors (Lipinski definition) is 7. The van der Waals surface area contributed by atoms with Crippen LogP contribution in [0.4, 0.5) is 0 Å². The molecule has 0 aromatic carbocycles. The summed E-state index contributed by atoms with van der Waals surface area (Å²) in [5.41, 5.74) is 0. The van der Waals surface area contributed by atoms with Gasteiger partial charge in [0.05, 0.1) is 19.8 Å². The second kappa shape index (κ2) is 19.2. The van der Waals surface area contributed by atoms with E-state index in [1.165, 1.54) is 76.0 Å². The number of ether oxygens (including phenoxy) is 2. The van der Waals surface area contributed by atoms with E-state index in [9.17, 15) is 4.79 Å². The molecule has 0 aromatic rings. The highest BCUT2D eigenvalue weighted by molar-refractivity contribution is 8.47. The Morgan fingerprint density at radius 2 is 1.50 bits per heavy atom. The van der Waals surface area contributed by atoms with Gasteiger partial charge in [0.25, 0.3) is 0 Å². The highest BCUT2D eigenvalue weighted by Crippen LogP contribution is 2.32. The standard InChI is InChI=1S/C21H40O4S3/c1-4-5-6-7-8-9-10-11-12-13-18-27-20(26)28-21(2,3)19(23)25-17-16-24-15-14-22/h22H,4-18H2,1-3H3. The predicted octanol–water partition coefficient (Wildman–Crippen LogP) is 5.99. The van der Waals surface area contributed by atoms with E-state index in [1.54, 1.807) is 11.8 Å². The molecule has 0 aliphatic heterocycles. The molecule has 0 saturated heterocycles. The van der Waals surface area contributed by atoms with Crippen LogP contribution in [0.5, 0.6) is 0 Å². The number of esters is 1. The van der Waals surface area contributed by atoms with Gasteiger partial charge in [-0.15, -0.1) is 11.8 Å². The first-order valence-corrected chi connectivity index (χ1v) is 12.9. The molecule has 0 spiro atoms. The van der Waals surface area contributed by atoms with E-state index >= 15 is 0 Å². The van der Waals surface area contributed by atoms with Gasteiger partial charge in [-0.3, -0.25) is 4.79 Å². The minimum absolute atomic E-state index is 0.0279. The van der Waals surface area contributed by atoms with Crippen LogP contribution < -0.4 is 0 Å². The molecule has 0 amide bonds. The zero-order valence-electron chi connectivity index (χ0n) is 18.0. The molecule has 0 radical (unpaired) electrons. The molecule has 0 fully saturated rings. The monoisotopic (exact) mass is 452 g/mol. The van der Waals surface area contributed by atoms with Crippen molar-refractivity contribution in [2.24, 2.45) is 0 Å². The Labute approximate surface area is 186 Å². The zero-order valence-corrected chi connectivity index (χ0v) is 20.5. The van der Waals surface area contributed by atoms with E-state index in [-0.39, 0.29) is 25.8 Å². The first-order valence-electron chi connectivity index (χ1n) is 10.7. The summed E-state index contributed by atoms with van der Waals surface area (Å²) in [5, 5.41) is 8.63. The Kier molecular flexibility index (Phi) is 19.3. The summed E-state index contributed by atoms with van der Waals surface area (Å²) in [6.07, 6.45) is 13.3. The predicted molar refractivity (Wildman–Crippen MR) is 127 cm³/mol. The van der Waals surface area contributed by atoms with Crippen molar-refractivity contribution >= 4 is 45.2 Å². The maximum atomic E-state index is 12.2. The molecule has 0 rings (SSSR count). The van der Waals surface area contributed by atoms with E-state index in [0.717, 1.165) is 9.28 Å². The van der Waals surface area contributed by atoms with Crippen molar-refractivity contribution in [2.45, 2.75) is 89.7 Å². The Balaban J connectivity index is 3.66. The van der Waals surface area contributed by atoms with Crippen LogP contribution in [0.25, 0.3) is 0 Å². The van der Waals surface area contributed by atoms with Crippen LogP contribution >= 0.6 is 35.7 Å². The van der Waals surface area contributed by atoms with Crippen LogP contribution in [0.3, 0.4) is 0 Å². The van der Waals surface area contributed by atoms with Crippen LogP contribution in [-0.4, -0.2) is 51.5 Å². The molecule has 0 heterocycles. The number of thioether (sulfide) groups is 2. The molecule has 1 N–H and O–H groups in total. The lowest BCUT2D eigenvalue weighted by Crippen LogP contribution is -2.32. The molecule has 0 bridgehead atoms. The summed E-state index contributed by atoms with van der Waals surface area (Å²) in [5.74, 6) is 0.731. The summed E-state index contributed by atoms with van der Waals surface area (Å²) < 4.78 is 10.4. The van der Waals surface area contributed by atoms with Crippen molar-refractivity contribution in [1.82, 2.24) is 0 Å². The topological polar surface area (TPSA) is 55.8 Å². The Morgan fingerprint density at radius 3 is 2.07 bits per heavy atom. The quantitative estimate of drug-likeness (QED) is 0.156.